The minimum Gasteiger partial charge on any atom is -0.438 e. The van der Waals surface area contributed by atoms with E-state index in [1.165, 1.54) is 0 Å². The number of halogens is 1. The molecule has 0 aromatic heterocycles. The van der Waals surface area contributed by atoms with Gasteiger partial charge < -0.3 is 10.5 Å². The Bertz CT molecular complexity index is 504. The zero-order valence-electron chi connectivity index (χ0n) is 9.07. The Morgan fingerprint density at radius 3 is 2.71 bits per heavy atom. The third-order valence-electron chi connectivity index (χ3n) is 3.05. The molecule has 1 aromatic rings. The monoisotopic (exact) mass is 250 g/mol. The van der Waals surface area contributed by atoms with Gasteiger partial charge in [-0.2, -0.15) is 5.26 Å². The van der Waals surface area contributed by atoms with Gasteiger partial charge in [-0.3, -0.25) is 0 Å². The molecule has 88 valence electrons. The number of rotatable bonds is 2. The van der Waals surface area contributed by atoms with E-state index in [2.05, 4.69) is 6.07 Å². The van der Waals surface area contributed by atoms with Crippen molar-refractivity contribution in [2.75, 3.05) is 0 Å². The van der Waals surface area contributed by atoms with E-state index < -0.39 is 11.7 Å². The van der Waals surface area contributed by atoms with Crippen LogP contribution in [0.25, 0.3) is 0 Å². The minimum absolute atomic E-state index is 0.468. The van der Waals surface area contributed by atoms with Crippen LogP contribution in [0.3, 0.4) is 0 Å². The number of carbonyl (C=O) groups excluding carboxylic acids is 1. The van der Waals surface area contributed by atoms with Crippen molar-refractivity contribution in [3.8, 4) is 6.07 Å². The average molecular weight is 251 g/mol. The van der Waals surface area contributed by atoms with E-state index in [4.69, 9.17) is 27.3 Å². The quantitative estimate of drug-likeness (QED) is 0.877. The number of nitrogens with two attached hydrogens (primary N) is 1. The summed E-state index contributed by atoms with van der Waals surface area (Å²) in [4.78, 5) is 10.9. The first-order valence-electron chi connectivity index (χ1n) is 5.26. The van der Waals surface area contributed by atoms with E-state index in [1.54, 1.807) is 18.2 Å². The van der Waals surface area contributed by atoms with Crippen LogP contribution in [-0.4, -0.2) is 6.09 Å². The number of benzene rings is 1. The SMILES string of the molecule is N#Cc1ccc(Cl)cc1C1(OC(N)=O)CCC1. The van der Waals surface area contributed by atoms with Gasteiger partial charge in [-0.25, -0.2) is 4.79 Å². The van der Waals surface area contributed by atoms with E-state index in [9.17, 15) is 4.79 Å². The summed E-state index contributed by atoms with van der Waals surface area (Å²) in [5.74, 6) is 0. The number of nitriles is 1. The number of ether oxygens (including phenoxy) is 1. The lowest BCUT2D eigenvalue weighted by atomic mass is 9.73. The summed E-state index contributed by atoms with van der Waals surface area (Å²) in [6, 6.07) is 7.01. The molecule has 2 N–H and O–H groups in total. The molecule has 0 atom stereocenters. The molecule has 0 bridgehead atoms. The molecular formula is C12H11ClN2O2. The molecule has 4 nitrogen and oxygen atoms in total. The number of carbonyl (C=O) groups is 1. The van der Waals surface area contributed by atoms with Crippen LogP contribution in [0, 0.1) is 11.3 Å². The van der Waals surface area contributed by atoms with Crippen LogP contribution in [-0.2, 0) is 10.3 Å². The lowest BCUT2D eigenvalue weighted by Crippen LogP contribution is -2.41. The van der Waals surface area contributed by atoms with Gasteiger partial charge >= 0.3 is 6.09 Å². The maximum atomic E-state index is 10.9. The zero-order valence-corrected chi connectivity index (χ0v) is 9.83. The van der Waals surface area contributed by atoms with Gasteiger partial charge in [0.2, 0.25) is 0 Å². The van der Waals surface area contributed by atoms with Crippen LogP contribution in [0.2, 0.25) is 5.02 Å². The van der Waals surface area contributed by atoms with Gasteiger partial charge in [0.05, 0.1) is 11.6 Å². The van der Waals surface area contributed by atoms with Crippen LogP contribution < -0.4 is 5.73 Å². The van der Waals surface area contributed by atoms with E-state index in [0.29, 0.717) is 29.0 Å². The van der Waals surface area contributed by atoms with Crippen LogP contribution in [0.4, 0.5) is 4.79 Å². The highest BCUT2D eigenvalue weighted by Gasteiger charge is 2.44. The van der Waals surface area contributed by atoms with Gasteiger partial charge in [0, 0.05) is 10.6 Å². The summed E-state index contributed by atoms with van der Waals surface area (Å²) in [5, 5.41) is 9.57. The predicted octanol–water partition coefficient (Wildman–Crippen LogP) is 2.69. The third-order valence-corrected chi connectivity index (χ3v) is 3.29. The van der Waals surface area contributed by atoms with Crippen LogP contribution in [0.1, 0.15) is 30.4 Å². The number of hydrogen-bond donors (Lipinski definition) is 1. The first-order chi connectivity index (χ1) is 8.07. The number of hydrogen-bond acceptors (Lipinski definition) is 3. The van der Waals surface area contributed by atoms with Crippen LogP contribution >= 0.6 is 11.6 Å². The van der Waals surface area contributed by atoms with E-state index >= 15 is 0 Å². The normalized spacial score (nSPS) is 16.7. The zero-order chi connectivity index (χ0) is 12.5. The molecule has 0 spiro atoms. The Morgan fingerprint density at radius 1 is 1.53 bits per heavy atom. The van der Waals surface area contributed by atoms with Crippen molar-refractivity contribution in [3.05, 3.63) is 34.3 Å². The van der Waals surface area contributed by atoms with Gasteiger partial charge in [0.25, 0.3) is 0 Å². The fourth-order valence-electron chi connectivity index (χ4n) is 2.11. The van der Waals surface area contributed by atoms with Crippen molar-refractivity contribution in [2.45, 2.75) is 24.9 Å². The molecule has 1 aliphatic carbocycles. The molecule has 0 saturated heterocycles. The van der Waals surface area contributed by atoms with Crippen molar-refractivity contribution < 1.29 is 9.53 Å². The van der Waals surface area contributed by atoms with Crippen molar-refractivity contribution in [3.63, 3.8) is 0 Å². The van der Waals surface area contributed by atoms with E-state index in [-0.39, 0.29) is 0 Å². The Balaban J connectivity index is 2.47. The van der Waals surface area contributed by atoms with Gasteiger partial charge in [-0.15, -0.1) is 0 Å². The highest BCUT2D eigenvalue weighted by atomic mass is 35.5. The second-order valence-corrected chi connectivity index (χ2v) is 4.51. The first kappa shape index (κ1) is 11.7. The lowest BCUT2D eigenvalue weighted by molar-refractivity contribution is -0.0491. The molecule has 1 aromatic carbocycles. The molecule has 17 heavy (non-hydrogen) atoms. The van der Waals surface area contributed by atoms with Gasteiger partial charge in [-0.05, 0) is 37.5 Å². The second-order valence-electron chi connectivity index (χ2n) is 4.07. The van der Waals surface area contributed by atoms with Crippen LogP contribution in [0.5, 0.6) is 0 Å². The number of nitrogens with zero attached hydrogens (tertiary/aromatic N) is 1. The molecule has 2 rings (SSSR count). The van der Waals surface area contributed by atoms with E-state index in [0.717, 1.165) is 6.42 Å². The molecule has 1 fully saturated rings. The van der Waals surface area contributed by atoms with Crippen molar-refractivity contribution in [1.82, 2.24) is 0 Å². The summed E-state index contributed by atoms with van der Waals surface area (Å²) in [6.45, 7) is 0. The summed E-state index contributed by atoms with van der Waals surface area (Å²) in [6.07, 6.45) is 1.45. The number of amides is 1. The second kappa shape index (κ2) is 4.27. The van der Waals surface area contributed by atoms with Gasteiger partial charge in [-0.1, -0.05) is 11.6 Å². The summed E-state index contributed by atoms with van der Waals surface area (Å²) >= 11 is 5.92. The molecule has 0 aliphatic heterocycles. The van der Waals surface area contributed by atoms with Crippen molar-refractivity contribution in [2.24, 2.45) is 5.73 Å². The van der Waals surface area contributed by atoms with Crippen molar-refractivity contribution in [1.29, 1.82) is 5.26 Å². The molecule has 0 unspecified atom stereocenters. The molecular weight excluding hydrogens is 240 g/mol. The first-order valence-corrected chi connectivity index (χ1v) is 5.64. The summed E-state index contributed by atoms with van der Waals surface area (Å²) < 4.78 is 5.19. The highest BCUT2D eigenvalue weighted by Crippen LogP contribution is 2.46. The Kier molecular flexibility index (Phi) is 2.95. The largest absolute Gasteiger partial charge is 0.438 e. The molecule has 1 saturated carbocycles. The standard InChI is InChI=1S/C12H11ClN2O2/c13-9-3-2-8(7-14)10(6-9)12(4-1-5-12)17-11(15)16/h2-3,6H,1,4-5H2,(H2,15,16). The maximum Gasteiger partial charge on any atom is 0.405 e. The number of primary amides is 1. The molecule has 0 heterocycles. The topological polar surface area (TPSA) is 76.1 Å². The van der Waals surface area contributed by atoms with Crippen molar-refractivity contribution >= 4 is 17.7 Å². The third kappa shape index (κ3) is 2.06. The average Bonchev–Trinajstić information content (AvgIpc) is 2.23. The Labute approximate surface area is 104 Å². The predicted molar refractivity (Wildman–Crippen MR) is 62.4 cm³/mol. The highest BCUT2D eigenvalue weighted by molar-refractivity contribution is 6.30. The van der Waals surface area contributed by atoms with Gasteiger partial charge in [0.1, 0.15) is 5.60 Å². The Morgan fingerprint density at radius 2 is 2.24 bits per heavy atom. The Hall–Kier alpha value is -1.73. The van der Waals surface area contributed by atoms with E-state index in [1.807, 2.05) is 0 Å². The minimum atomic E-state index is -0.825. The summed E-state index contributed by atoms with van der Waals surface area (Å²) in [7, 11) is 0. The molecule has 0 radical (unpaired) electrons. The van der Waals surface area contributed by atoms with Gasteiger partial charge in [0.15, 0.2) is 0 Å². The fourth-order valence-corrected chi connectivity index (χ4v) is 2.28. The molecule has 5 heteroatoms. The van der Waals surface area contributed by atoms with Crippen LogP contribution in [0.15, 0.2) is 18.2 Å². The smallest absolute Gasteiger partial charge is 0.405 e. The summed E-state index contributed by atoms with van der Waals surface area (Å²) in [5.41, 5.74) is 5.43. The maximum absolute atomic E-state index is 10.9. The lowest BCUT2D eigenvalue weighted by Gasteiger charge is -2.41. The molecule has 1 aliphatic rings. The fraction of sp³-hybridized carbons (Fsp3) is 0.333. The molecule has 1 amide bonds.